The average Bonchev–Trinajstić information content (AvgIpc) is 2.87. The van der Waals surface area contributed by atoms with Crippen molar-refractivity contribution in [2.75, 3.05) is 0 Å². The maximum atomic E-state index is 6.56. The summed E-state index contributed by atoms with van der Waals surface area (Å²) >= 11 is 0. The first kappa shape index (κ1) is 13.2. The van der Waals surface area contributed by atoms with Gasteiger partial charge in [0.1, 0.15) is 0 Å². The van der Waals surface area contributed by atoms with Crippen LogP contribution in [0.25, 0.3) is 0 Å². The first-order valence-corrected chi connectivity index (χ1v) is 8.04. The minimum atomic E-state index is 0.326. The standard InChI is InChI=1S/C18H27N/c1-18(10-3-2-4-11-18)17(19)13-14-8-9-15-6-5-7-16(15)12-14/h8-9,12,17H,2-7,10-11,13,19H2,1H3. The number of benzene rings is 1. The molecule has 1 atom stereocenters. The van der Waals surface area contributed by atoms with Crippen molar-refractivity contribution in [1.82, 2.24) is 0 Å². The number of aryl methyl sites for hydroxylation is 2. The van der Waals surface area contributed by atoms with Gasteiger partial charge in [-0.25, -0.2) is 0 Å². The minimum Gasteiger partial charge on any atom is -0.327 e. The van der Waals surface area contributed by atoms with E-state index in [2.05, 4.69) is 25.1 Å². The topological polar surface area (TPSA) is 26.0 Å². The van der Waals surface area contributed by atoms with E-state index in [1.165, 1.54) is 56.9 Å². The van der Waals surface area contributed by atoms with Gasteiger partial charge in [-0.2, -0.15) is 0 Å². The van der Waals surface area contributed by atoms with Gasteiger partial charge < -0.3 is 5.73 Å². The Hall–Kier alpha value is -0.820. The first-order valence-electron chi connectivity index (χ1n) is 8.04. The van der Waals surface area contributed by atoms with Gasteiger partial charge in [-0.3, -0.25) is 0 Å². The molecule has 1 nitrogen and oxygen atoms in total. The molecular formula is C18H27N. The first-order chi connectivity index (χ1) is 9.17. The van der Waals surface area contributed by atoms with E-state index in [-0.39, 0.29) is 0 Å². The van der Waals surface area contributed by atoms with Gasteiger partial charge >= 0.3 is 0 Å². The molecular weight excluding hydrogens is 230 g/mol. The fourth-order valence-electron chi connectivity index (χ4n) is 3.98. The second kappa shape index (κ2) is 5.28. The zero-order chi connectivity index (χ0) is 13.3. The third kappa shape index (κ3) is 2.72. The predicted molar refractivity (Wildman–Crippen MR) is 81.3 cm³/mol. The molecule has 0 aliphatic heterocycles. The van der Waals surface area contributed by atoms with E-state index >= 15 is 0 Å². The Morgan fingerprint density at radius 2 is 1.79 bits per heavy atom. The fraction of sp³-hybridized carbons (Fsp3) is 0.667. The number of nitrogens with two attached hydrogens (primary N) is 1. The second-order valence-electron chi connectivity index (χ2n) is 6.98. The average molecular weight is 257 g/mol. The van der Waals surface area contributed by atoms with Gasteiger partial charge in [0.05, 0.1) is 0 Å². The number of hydrogen-bond donors (Lipinski definition) is 1. The Morgan fingerprint density at radius 3 is 2.58 bits per heavy atom. The summed E-state index contributed by atoms with van der Waals surface area (Å²) in [7, 11) is 0. The molecule has 2 N–H and O–H groups in total. The number of rotatable bonds is 3. The van der Waals surface area contributed by atoms with Crippen LogP contribution < -0.4 is 5.73 Å². The van der Waals surface area contributed by atoms with E-state index in [1.807, 2.05) is 0 Å². The van der Waals surface area contributed by atoms with Gasteiger partial charge in [0.25, 0.3) is 0 Å². The molecule has 1 unspecified atom stereocenters. The Labute approximate surface area is 117 Å². The Morgan fingerprint density at radius 1 is 1.05 bits per heavy atom. The monoisotopic (exact) mass is 257 g/mol. The van der Waals surface area contributed by atoms with E-state index < -0.39 is 0 Å². The molecule has 104 valence electrons. The van der Waals surface area contributed by atoms with Crippen molar-refractivity contribution in [3.63, 3.8) is 0 Å². The third-order valence-corrected chi connectivity index (χ3v) is 5.51. The van der Waals surface area contributed by atoms with Crippen molar-refractivity contribution in [2.24, 2.45) is 11.1 Å². The van der Waals surface area contributed by atoms with Crippen molar-refractivity contribution in [3.8, 4) is 0 Å². The van der Waals surface area contributed by atoms with Crippen LogP contribution in [0.4, 0.5) is 0 Å². The van der Waals surface area contributed by atoms with Gasteiger partial charge in [0.2, 0.25) is 0 Å². The van der Waals surface area contributed by atoms with E-state index in [9.17, 15) is 0 Å². The van der Waals surface area contributed by atoms with Gasteiger partial charge in [-0.1, -0.05) is 44.4 Å². The maximum absolute atomic E-state index is 6.56. The molecule has 0 aromatic heterocycles. The van der Waals surface area contributed by atoms with Crippen LogP contribution in [-0.2, 0) is 19.3 Å². The van der Waals surface area contributed by atoms with E-state index in [1.54, 1.807) is 11.1 Å². The lowest BCUT2D eigenvalue weighted by Gasteiger charge is -2.39. The number of hydrogen-bond acceptors (Lipinski definition) is 1. The summed E-state index contributed by atoms with van der Waals surface area (Å²) in [5.41, 5.74) is 11.5. The normalized spacial score (nSPS) is 23.1. The molecule has 1 saturated carbocycles. The van der Waals surface area contributed by atoms with E-state index in [4.69, 9.17) is 5.73 Å². The minimum absolute atomic E-state index is 0.326. The largest absolute Gasteiger partial charge is 0.327 e. The van der Waals surface area contributed by atoms with E-state index in [0.29, 0.717) is 11.5 Å². The molecule has 2 aliphatic rings. The molecule has 3 rings (SSSR count). The van der Waals surface area contributed by atoms with Crippen molar-refractivity contribution in [3.05, 3.63) is 34.9 Å². The third-order valence-electron chi connectivity index (χ3n) is 5.51. The molecule has 0 radical (unpaired) electrons. The summed E-state index contributed by atoms with van der Waals surface area (Å²) in [4.78, 5) is 0. The van der Waals surface area contributed by atoms with Crippen LogP contribution in [0, 0.1) is 5.41 Å². The summed E-state index contributed by atoms with van der Waals surface area (Å²) in [6, 6.07) is 7.41. The summed E-state index contributed by atoms with van der Waals surface area (Å²) in [6.07, 6.45) is 11.7. The van der Waals surface area contributed by atoms with Crippen LogP contribution in [0.5, 0.6) is 0 Å². The second-order valence-corrected chi connectivity index (χ2v) is 6.98. The highest BCUT2D eigenvalue weighted by molar-refractivity contribution is 5.35. The molecule has 2 aliphatic carbocycles. The van der Waals surface area contributed by atoms with Crippen LogP contribution in [0.15, 0.2) is 18.2 Å². The lowest BCUT2D eigenvalue weighted by molar-refractivity contribution is 0.169. The van der Waals surface area contributed by atoms with E-state index in [0.717, 1.165) is 6.42 Å². The zero-order valence-corrected chi connectivity index (χ0v) is 12.3. The quantitative estimate of drug-likeness (QED) is 0.869. The molecule has 0 spiro atoms. The highest BCUT2D eigenvalue weighted by atomic mass is 14.7. The lowest BCUT2D eigenvalue weighted by Crippen LogP contribution is -2.42. The highest BCUT2D eigenvalue weighted by Crippen LogP contribution is 2.39. The van der Waals surface area contributed by atoms with Crippen LogP contribution in [0.2, 0.25) is 0 Å². The van der Waals surface area contributed by atoms with Gasteiger partial charge in [-0.15, -0.1) is 0 Å². The zero-order valence-electron chi connectivity index (χ0n) is 12.3. The summed E-state index contributed by atoms with van der Waals surface area (Å²) in [5.74, 6) is 0. The van der Waals surface area contributed by atoms with Crippen LogP contribution in [0.3, 0.4) is 0 Å². The van der Waals surface area contributed by atoms with Crippen molar-refractivity contribution in [1.29, 1.82) is 0 Å². The lowest BCUT2D eigenvalue weighted by atomic mass is 9.69. The molecule has 0 amide bonds. The fourth-order valence-corrected chi connectivity index (χ4v) is 3.98. The van der Waals surface area contributed by atoms with Gasteiger partial charge in [0, 0.05) is 6.04 Å². The van der Waals surface area contributed by atoms with Crippen molar-refractivity contribution >= 4 is 0 Å². The highest BCUT2D eigenvalue weighted by Gasteiger charge is 2.33. The number of fused-ring (bicyclic) bond motifs is 1. The summed E-state index contributed by atoms with van der Waals surface area (Å²) in [5, 5.41) is 0. The Balaban J connectivity index is 1.70. The SMILES string of the molecule is CC1(C(N)Cc2ccc3c(c2)CCC3)CCCCC1. The molecule has 0 saturated heterocycles. The molecule has 1 aromatic carbocycles. The van der Waals surface area contributed by atoms with Gasteiger partial charge in [0.15, 0.2) is 0 Å². The Kier molecular flexibility index (Phi) is 3.66. The predicted octanol–water partition coefficient (Wildman–Crippen LogP) is 4.02. The Bertz CT molecular complexity index is 443. The molecule has 0 bridgehead atoms. The molecule has 1 heteroatoms. The smallest absolute Gasteiger partial charge is 0.0133 e. The summed E-state index contributed by atoms with van der Waals surface area (Å²) < 4.78 is 0. The molecule has 0 heterocycles. The molecule has 1 fully saturated rings. The van der Waals surface area contributed by atoms with Crippen LogP contribution in [-0.4, -0.2) is 6.04 Å². The van der Waals surface area contributed by atoms with Crippen LogP contribution >= 0.6 is 0 Å². The van der Waals surface area contributed by atoms with Crippen LogP contribution in [0.1, 0.15) is 62.1 Å². The maximum Gasteiger partial charge on any atom is 0.0133 e. The van der Waals surface area contributed by atoms with Crippen molar-refractivity contribution in [2.45, 2.75) is 70.8 Å². The molecule has 1 aromatic rings. The summed E-state index contributed by atoms with van der Waals surface area (Å²) in [6.45, 7) is 2.41. The molecule has 19 heavy (non-hydrogen) atoms. The van der Waals surface area contributed by atoms with Crippen molar-refractivity contribution < 1.29 is 0 Å². The van der Waals surface area contributed by atoms with Gasteiger partial charge in [-0.05, 0) is 60.6 Å².